The van der Waals surface area contributed by atoms with E-state index in [-0.39, 0.29) is 16.6 Å². The Labute approximate surface area is 128 Å². The second-order valence-electron chi connectivity index (χ2n) is 4.89. The van der Waals surface area contributed by atoms with Crippen LogP contribution in [0.5, 0.6) is 0 Å². The largest absolute Gasteiger partial charge is 0.399 e. The second-order valence-corrected chi connectivity index (χ2v) is 5.32. The van der Waals surface area contributed by atoms with Gasteiger partial charge < -0.3 is 10.6 Å². The van der Waals surface area contributed by atoms with E-state index < -0.39 is 11.7 Å². The van der Waals surface area contributed by atoms with Crippen molar-refractivity contribution in [2.24, 2.45) is 0 Å². The number of anilines is 1. The van der Waals surface area contributed by atoms with Gasteiger partial charge in [-0.1, -0.05) is 23.7 Å². The molecule has 0 fully saturated rings. The monoisotopic (exact) mass is 306 g/mol. The van der Waals surface area contributed by atoms with Gasteiger partial charge in [-0.05, 0) is 42.8 Å². The summed E-state index contributed by atoms with van der Waals surface area (Å²) in [6.07, 6.45) is 0. The second kappa shape index (κ2) is 6.14. The number of hydrogen-bond donors (Lipinski definition) is 1. The average Bonchev–Trinajstić information content (AvgIpc) is 2.45. The third kappa shape index (κ3) is 3.34. The molecule has 1 unspecified atom stereocenters. The Bertz CT molecular complexity index is 675. The molecule has 2 rings (SSSR count). The van der Waals surface area contributed by atoms with E-state index in [1.54, 1.807) is 19.2 Å². The number of benzene rings is 2. The number of amides is 1. The van der Waals surface area contributed by atoms with Crippen molar-refractivity contribution in [1.29, 1.82) is 0 Å². The first kappa shape index (κ1) is 15.3. The minimum absolute atomic E-state index is 0.00217. The van der Waals surface area contributed by atoms with Gasteiger partial charge in [0.05, 0.1) is 11.6 Å². The number of nitrogens with two attached hydrogens (primary N) is 1. The van der Waals surface area contributed by atoms with Crippen LogP contribution in [0.4, 0.5) is 10.1 Å². The molecule has 0 saturated heterocycles. The molecule has 0 spiro atoms. The highest BCUT2D eigenvalue weighted by molar-refractivity contribution is 6.30. The van der Waals surface area contributed by atoms with Crippen molar-refractivity contribution in [2.75, 3.05) is 12.8 Å². The highest BCUT2D eigenvalue weighted by Crippen LogP contribution is 2.24. The third-order valence-electron chi connectivity index (χ3n) is 3.46. The summed E-state index contributed by atoms with van der Waals surface area (Å²) in [6.45, 7) is 1.86. The minimum Gasteiger partial charge on any atom is -0.399 e. The topological polar surface area (TPSA) is 46.3 Å². The summed E-state index contributed by atoms with van der Waals surface area (Å²) in [4.78, 5) is 13.9. The van der Waals surface area contributed by atoms with Gasteiger partial charge in [0.2, 0.25) is 0 Å². The molecule has 0 heterocycles. The molecule has 0 saturated carbocycles. The SMILES string of the molecule is CC(c1cccc(N)c1)N(C)C(=O)c1ccc(Cl)cc1F. The third-order valence-corrected chi connectivity index (χ3v) is 3.69. The summed E-state index contributed by atoms with van der Waals surface area (Å²) in [5.74, 6) is -1.03. The van der Waals surface area contributed by atoms with Crippen LogP contribution >= 0.6 is 11.6 Å². The van der Waals surface area contributed by atoms with Crippen molar-refractivity contribution in [3.8, 4) is 0 Å². The Kier molecular flexibility index (Phi) is 4.48. The zero-order chi connectivity index (χ0) is 15.6. The molecular formula is C16H16ClFN2O. The van der Waals surface area contributed by atoms with Crippen LogP contribution in [-0.2, 0) is 0 Å². The van der Waals surface area contributed by atoms with Crippen LogP contribution in [0.2, 0.25) is 5.02 Å². The lowest BCUT2D eigenvalue weighted by Gasteiger charge is -2.26. The molecular weight excluding hydrogens is 291 g/mol. The Morgan fingerprint density at radius 1 is 1.29 bits per heavy atom. The van der Waals surface area contributed by atoms with E-state index in [9.17, 15) is 9.18 Å². The number of nitrogens with zero attached hydrogens (tertiary/aromatic N) is 1. The lowest BCUT2D eigenvalue weighted by Crippen LogP contribution is -2.30. The molecule has 2 N–H and O–H groups in total. The molecule has 2 aromatic carbocycles. The Hall–Kier alpha value is -2.07. The van der Waals surface area contributed by atoms with Gasteiger partial charge in [0.1, 0.15) is 5.82 Å². The van der Waals surface area contributed by atoms with E-state index in [1.165, 1.54) is 17.0 Å². The highest BCUT2D eigenvalue weighted by Gasteiger charge is 2.21. The number of nitrogen functional groups attached to an aromatic ring is 1. The van der Waals surface area contributed by atoms with Gasteiger partial charge in [0, 0.05) is 17.8 Å². The Morgan fingerprint density at radius 3 is 2.62 bits per heavy atom. The fourth-order valence-electron chi connectivity index (χ4n) is 2.07. The predicted molar refractivity (Wildman–Crippen MR) is 82.8 cm³/mol. The van der Waals surface area contributed by atoms with Gasteiger partial charge in [0.25, 0.3) is 5.91 Å². The van der Waals surface area contributed by atoms with Crippen LogP contribution in [0.3, 0.4) is 0 Å². The fraction of sp³-hybridized carbons (Fsp3) is 0.188. The normalized spacial score (nSPS) is 12.0. The summed E-state index contributed by atoms with van der Waals surface area (Å²) in [7, 11) is 1.63. The van der Waals surface area contributed by atoms with Crippen LogP contribution in [0.1, 0.15) is 28.9 Å². The molecule has 0 aliphatic heterocycles. The summed E-state index contributed by atoms with van der Waals surface area (Å²) < 4.78 is 13.8. The van der Waals surface area contributed by atoms with Crippen molar-refractivity contribution >= 4 is 23.2 Å². The molecule has 1 amide bonds. The smallest absolute Gasteiger partial charge is 0.257 e. The maximum atomic E-state index is 13.8. The molecule has 0 aromatic heterocycles. The van der Waals surface area contributed by atoms with Crippen molar-refractivity contribution in [3.05, 3.63) is 64.4 Å². The Balaban J connectivity index is 2.26. The molecule has 2 aromatic rings. The first-order chi connectivity index (χ1) is 9.90. The summed E-state index contributed by atoms with van der Waals surface area (Å²) in [5.41, 5.74) is 7.26. The van der Waals surface area contributed by atoms with E-state index in [4.69, 9.17) is 17.3 Å². The van der Waals surface area contributed by atoms with Crippen molar-refractivity contribution in [1.82, 2.24) is 4.90 Å². The number of carbonyl (C=O) groups excluding carboxylic acids is 1. The zero-order valence-electron chi connectivity index (χ0n) is 11.8. The van der Waals surface area contributed by atoms with E-state index in [1.807, 2.05) is 19.1 Å². The average molecular weight is 307 g/mol. The molecule has 3 nitrogen and oxygen atoms in total. The van der Waals surface area contributed by atoms with Gasteiger partial charge in [-0.25, -0.2) is 4.39 Å². The predicted octanol–water partition coefficient (Wildman–Crippen LogP) is 3.89. The van der Waals surface area contributed by atoms with Crippen molar-refractivity contribution in [2.45, 2.75) is 13.0 Å². The van der Waals surface area contributed by atoms with E-state index in [2.05, 4.69) is 0 Å². The van der Waals surface area contributed by atoms with Gasteiger partial charge in [-0.3, -0.25) is 4.79 Å². The molecule has 5 heteroatoms. The molecule has 110 valence electrons. The summed E-state index contributed by atoms with van der Waals surface area (Å²) >= 11 is 5.70. The fourth-order valence-corrected chi connectivity index (χ4v) is 2.23. The van der Waals surface area contributed by atoms with Gasteiger partial charge in [-0.15, -0.1) is 0 Å². The van der Waals surface area contributed by atoms with Crippen LogP contribution in [0, 0.1) is 5.82 Å². The van der Waals surface area contributed by atoms with Crippen LogP contribution in [-0.4, -0.2) is 17.9 Å². The zero-order valence-corrected chi connectivity index (χ0v) is 12.6. The lowest BCUT2D eigenvalue weighted by molar-refractivity contribution is 0.0738. The summed E-state index contributed by atoms with van der Waals surface area (Å²) in [5, 5.41) is 0.260. The number of halogens is 2. The van der Waals surface area contributed by atoms with Crippen molar-refractivity contribution < 1.29 is 9.18 Å². The molecule has 0 aliphatic carbocycles. The van der Waals surface area contributed by atoms with Crippen LogP contribution < -0.4 is 5.73 Å². The van der Waals surface area contributed by atoms with E-state index >= 15 is 0 Å². The quantitative estimate of drug-likeness (QED) is 0.874. The highest BCUT2D eigenvalue weighted by atomic mass is 35.5. The first-order valence-corrected chi connectivity index (χ1v) is 6.85. The van der Waals surface area contributed by atoms with Crippen LogP contribution in [0.15, 0.2) is 42.5 Å². The van der Waals surface area contributed by atoms with Gasteiger partial charge in [-0.2, -0.15) is 0 Å². The summed E-state index contributed by atoms with van der Waals surface area (Å²) in [6, 6.07) is 11.1. The maximum absolute atomic E-state index is 13.8. The lowest BCUT2D eigenvalue weighted by atomic mass is 10.1. The van der Waals surface area contributed by atoms with Crippen molar-refractivity contribution in [3.63, 3.8) is 0 Å². The van der Waals surface area contributed by atoms with Crippen LogP contribution in [0.25, 0.3) is 0 Å². The molecule has 21 heavy (non-hydrogen) atoms. The molecule has 1 atom stereocenters. The standard InChI is InChI=1S/C16H16ClFN2O/c1-10(11-4-3-5-13(19)8-11)20(2)16(21)14-7-6-12(17)9-15(14)18/h3-10H,19H2,1-2H3. The van der Waals surface area contributed by atoms with E-state index in [0.29, 0.717) is 5.69 Å². The van der Waals surface area contributed by atoms with E-state index in [0.717, 1.165) is 11.6 Å². The van der Waals surface area contributed by atoms with Gasteiger partial charge in [0.15, 0.2) is 0 Å². The maximum Gasteiger partial charge on any atom is 0.257 e. The first-order valence-electron chi connectivity index (χ1n) is 6.48. The number of rotatable bonds is 3. The number of hydrogen-bond acceptors (Lipinski definition) is 2. The molecule has 0 radical (unpaired) electrons. The minimum atomic E-state index is -0.626. The molecule has 0 bridgehead atoms. The Morgan fingerprint density at radius 2 is 2.00 bits per heavy atom. The molecule has 0 aliphatic rings. The number of carbonyl (C=O) groups is 1. The van der Waals surface area contributed by atoms with Gasteiger partial charge >= 0.3 is 0 Å².